The van der Waals surface area contributed by atoms with Crippen molar-refractivity contribution < 1.29 is 9.13 Å². The summed E-state index contributed by atoms with van der Waals surface area (Å²) in [4.78, 5) is 0. The SMILES string of the molecule is CC.CC.CC1(C)C(CNc2ccc(F)cc2)C1c1ccc(C2(N)COC2)cc1. The first-order valence-electron chi connectivity index (χ1n) is 10.9. The third kappa shape index (κ3) is 4.99. The molecule has 2 aliphatic rings. The lowest BCUT2D eigenvalue weighted by Crippen LogP contribution is -2.54. The van der Waals surface area contributed by atoms with Gasteiger partial charge in [-0.25, -0.2) is 4.39 Å². The Morgan fingerprint density at radius 3 is 2.00 bits per heavy atom. The molecule has 1 saturated heterocycles. The molecule has 0 aromatic heterocycles. The maximum atomic E-state index is 13.0. The van der Waals surface area contributed by atoms with Crippen LogP contribution in [0.4, 0.5) is 10.1 Å². The van der Waals surface area contributed by atoms with Gasteiger partial charge in [-0.2, -0.15) is 0 Å². The highest BCUT2D eigenvalue weighted by Gasteiger charge is 2.57. The number of nitrogens with one attached hydrogen (secondary N) is 1. The Hall–Kier alpha value is -1.91. The van der Waals surface area contributed by atoms with E-state index in [2.05, 4.69) is 43.4 Å². The van der Waals surface area contributed by atoms with E-state index in [1.165, 1.54) is 17.7 Å². The van der Waals surface area contributed by atoms with Crippen LogP contribution in [0.1, 0.15) is 58.6 Å². The zero-order valence-corrected chi connectivity index (χ0v) is 18.8. The number of hydrogen-bond acceptors (Lipinski definition) is 3. The number of nitrogens with two attached hydrogens (primary N) is 1. The fourth-order valence-corrected chi connectivity index (χ4v) is 4.09. The normalized spacial score (nSPS) is 22.8. The van der Waals surface area contributed by atoms with Gasteiger partial charge in [-0.3, -0.25) is 0 Å². The van der Waals surface area contributed by atoms with Crippen LogP contribution in [0.15, 0.2) is 48.5 Å². The van der Waals surface area contributed by atoms with Crippen LogP contribution < -0.4 is 11.1 Å². The second kappa shape index (κ2) is 9.73. The lowest BCUT2D eigenvalue weighted by molar-refractivity contribution is -0.0569. The Labute approximate surface area is 175 Å². The van der Waals surface area contributed by atoms with Gasteiger partial charge in [0.15, 0.2) is 0 Å². The van der Waals surface area contributed by atoms with Gasteiger partial charge in [0.2, 0.25) is 0 Å². The molecule has 2 fully saturated rings. The minimum Gasteiger partial charge on any atom is -0.385 e. The van der Waals surface area contributed by atoms with Crippen LogP contribution in [0.5, 0.6) is 0 Å². The van der Waals surface area contributed by atoms with E-state index in [4.69, 9.17) is 10.5 Å². The van der Waals surface area contributed by atoms with Gasteiger partial charge in [0, 0.05) is 12.2 Å². The molecular weight excluding hydrogens is 363 g/mol. The smallest absolute Gasteiger partial charge is 0.123 e. The third-order valence-electron chi connectivity index (χ3n) is 5.98. The molecule has 1 heterocycles. The van der Waals surface area contributed by atoms with Gasteiger partial charge in [-0.15, -0.1) is 0 Å². The van der Waals surface area contributed by atoms with Crippen molar-refractivity contribution in [2.45, 2.75) is 53.0 Å². The van der Waals surface area contributed by atoms with Crippen LogP contribution in [0.3, 0.4) is 0 Å². The van der Waals surface area contributed by atoms with E-state index in [0.717, 1.165) is 17.8 Å². The standard InChI is InChI=1S/C21H25FN2O.2C2H6/c1-20(2)18(11-24-17-9-7-16(22)8-10-17)19(20)14-3-5-15(6-4-14)21(23)12-25-13-21;2*1-2/h3-10,18-19,24H,11-13,23H2,1-2H3;2*1-2H3. The largest absolute Gasteiger partial charge is 0.385 e. The Morgan fingerprint density at radius 1 is 0.966 bits per heavy atom. The van der Waals surface area contributed by atoms with Crippen molar-refractivity contribution in [3.63, 3.8) is 0 Å². The lowest BCUT2D eigenvalue weighted by Gasteiger charge is -2.38. The van der Waals surface area contributed by atoms with E-state index in [1.807, 2.05) is 27.7 Å². The predicted molar refractivity (Wildman–Crippen MR) is 121 cm³/mol. The molecule has 160 valence electrons. The van der Waals surface area contributed by atoms with Crippen molar-refractivity contribution in [2.24, 2.45) is 17.1 Å². The first-order chi connectivity index (χ1) is 13.9. The first kappa shape index (κ1) is 23.4. The summed E-state index contributed by atoms with van der Waals surface area (Å²) in [5.41, 5.74) is 9.75. The number of anilines is 1. The molecule has 0 amide bonds. The topological polar surface area (TPSA) is 47.3 Å². The van der Waals surface area contributed by atoms with Gasteiger partial charge in [0.1, 0.15) is 5.82 Å². The molecule has 1 saturated carbocycles. The molecule has 3 nitrogen and oxygen atoms in total. The number of benzene rings is 2. The summed E-state index contributed by atoms with van der Waals surface area (Å²) in [6.45, 7) is 14.7. The third-order valence-corrected chi connectivity index (χ3v) is 5.98. The molecule has 3 N–H and O–H groups in total. The fourth-order valence-electron chi connectivity index (χ4n) is 4.09. The summed E-state index contributed by atoms with van der Waals surface area (Å²) in [6, 6.07) is 15.3. The summed E-state index contributed by atoms with van der Waals surface area (Å²) < 4.78 is 18.3. The highest BCUT2D eigenvalue weighted by atomic mass is 19.1. The van der Waals surface area contributed by atoms with E-state index < -0.39 is 0 Å². The molecular formula is C25H37FN2O. The number of rotatable bonds is 5. The Morgan fingerprint density at radius 2 is 1.52 bits per heavy atom. The van der Waals surface area contributed by atoms with E-state index in [0.29, 0.717) is 25.0 Å². The summed E-state index contributed by atoms with van der Waals surface area (Å²) in [5, 5.41) is 3.44. The van der Waals surface area contributed by atoms with Gasteiger partial charge in [0.25, 0.3) is 0 Å². The molecule has 0 radical (unpaired) electrons. The minimum atomic E-state index is -0.304. The Kier molecular flexibility index (Phi) is 7.84. The number of halogens is 1. The van der Waals surface area contributed by atoms with E-state index >= 15 is 0 Å². The molecule has 4 heteroatoms. The average Bonchev–Trinajstić information content (AvgIpc) is 3.29. The van der Waals surface area contributed by atoms with Crippen molar-refractivity contribution in [1.29, 1.82) is 0 Å². The van der Waals surface area contributed by atoms with Crippen molar-refractivity contribution >= 4 is 5.69 Å². The molecule has 4 rings (SSSR count). The maximum absolute atomic E-state index is 13.0. The summed E-state index contributed by atoms with van der Waals surface area (Å²) in [7, 11) is 0. The molecule has 1 aliphatic carbocycles. The summed E-state index contributed by atoms with van der Waals surface area (Å²) in [5.74, 6) is 0.882. The van der Waals surface area contributed by atoms with Crippen molar-refractivity contribution in [1.82, 2.24) is 0 Å². The number of hydrogen-bond donors (Lipinski definition) is 2. The van der Waals surface area contributed by atoms with Crippen molar-refractivity contribution in [3.05, 3.63) is 65.5 Å². The zero-order valence-electron chi connectivity index (χ0n) is 18.8. The Bertz CT molecular complexity index is 751. The molecule has 29 heavy (non-hydrogen) atoms. The van der Waals surface area contributed by atoms with Crippen LogP contribution in [-0.4, -0.2) is 19.8 Å². The van der Waals surface area contributed by atoms with Crippen LogP contribution >= 0.6 is 0 Å². The quantitative estimate of drug-likeness (QED) is 0.655. The summed E-state index contributed by atoms with van der Waals surface area (Å²) in [6.07, 6.45) is 0. The molecule has 0 bridgehead atoms. The molecule has 2 atom stereocenters. The van der Waals surface area contributed by atoms with Gasteiger partial charge in [0.05, 0.1) is 18.8 Å². The van der Waals surface area contributed by atoms with Gasteiger partial charge in [-0.1, -0.05) is 65.8 Å². The van der Waals surface area contributed by atoms with Crippen molar-refractivity contribution in [3.8, 4) is 0 Å². The maximum Gasteiger partial charge on any atom is 0.123 e. The van der Waals surface area contributed by atoms with Crippen LogP contribution in [-0.2, 0) is 10.3 Å². The second-order valence-electron chi connectivity index (χ2n) is 8.06. The lowest BCUT2D eigenvalue weighted by atomic mass is 9.88. The van der Waals surface area contributed by atoms with E-state index in [-0.39, 0.29) is 16.8 Å². The predicted octanol–water partition coefficient (Wildman–Crippen LogP) is 5.91. The van der Waals surface area contributed by atoms with Gasteiger partial charge < -0.3 is 15.8 Å². The summed E-state index contributed by atoms with van der Waals surface area (Å²) >= 11 is 0. The van der Waals surface area contributed by atoms with E-state index in [1.54, 1.807) is 12.1 Å². The second-order valence-corrected chi connectivity index (χ2v) is 8.06. The number of ether oxygens (including phenoxy) is 1. The Balaban J connectivity index is 0.000000707. The average molecular weight is 401 g/mol. The molecule has 2 unspecified atom stereocenters. The van der Waals surface area contributed by atoms with Crippen LogP contribution in [0.2, 0.25) is 0 Å². The van der Waals surface area contributed by atoms with Crippen LogP contribution in [0, 0.1) is 17.2 Å². The van der Waals surface area contributed by atoms with Gasteiger partial charge >= 0.3 is 0 Å². The highest BCUT2D eigenvalue weighted by Crippen LogP contribution is 2.64. The monoisotopic (exact) mass is 400 g/mol. The first-order valence-corrected chi connectivity index (χ1v) is 10.9. The molecule has 2 aromatic rings. The van der Waals surface area contributed by atoms with Crippen molar-refractivity contribution in [2.75, 3.05) is 25.1 Å². The minimum absolute atomic E-state index is 0.204. The molecule has 1 aliphatic heterocycles. The zero-order chi connectivity index (χ0) is 21.7. The van der Waals surface area contributed by atoms with Gasteiger partial charge in [-0.05, 0) is 52.6 Å². The molecule has 2 aromatic carbocycles. The van der Waals surface area contributed by atoms with E-state index in [9.17, 15) is 4.39 Å². The highest BCUT2D eigenvalue weighted by molar-refractivity contribution is 5.44. The molecule has 0 spiro atoms. The van der Waals surface area contributed by atoms with Crippen LogP contribution in [0.25, 0.3) is 0 Å². The fraction of sp³-hybridized carbons (Fsp3) is 0.520.